The molecule has 2 aromatic rings. The van der Waals surface area contributed by atoms with Crippen LogP contribution in [-0.2, 0) is 27.3 Å². The van der Waals surface area contributed by atoms with Gasteiger partial charge in [0.25, 0.3) is 0 Å². The van der Waals surface area contributed by atoms with Crippen LogP contribution < -0.4 is 15.4 Å². The Balaban J connectivity index is 1.34. The minimum absolute atomic E-state index is 0.0413. The number of hydrogen-bond acceptors (Lipinski definition) is 5. The van der Waals surface area contributed by atoms with E-state index in [-0.39, 0.29) is 24.8 Å². The van der Waals surface area contributed by atoms with Gasteiger partial charge in [-0.05, 0) is 43.1 Å². The Morgan fingerprint density at radius 1 is 1.00 bits per heavy atom. The lowest BCUT2D eigenvalue weighted by Crippen LogP contribution is -2.38. The zero-order chi connectivity index (χ0) is 22.6. The molecule has 2 amide bonds. The number of rotatable bonds is 11. The van der Waals surface area contributed by atoms with Crippen molar-refractivity contribution in [2.75, 3.05) is 40.0 Å². The summed E-state index contributed by atoms with van der Waals surface area (Å²) in [7, 11) is 2.13. The van der Waals surface area contributed by atoms with Gasteiger partial charge in [-0.1, -0.05) is 42.5 Å². The van der Waals surface area contributed by atoms with Crippen LogP contribution in [0.5, 0.6) is 5.75 Å². The quantitative estimate of drug-likeness (QED) is 0.561. The molecule has 0 bridgehead atoms. The van der Waals surface area contributed by atoms with E-state index in [0.717, 1.165) is 49.5 Å². The van der Waals surface area contributed by atoms with E-state index in [1.54, 1.807) is 0 Å². The first-order valence-corrected chi connectivity index (χ1v) is 11.2. The monoisotopic (exact) mass is 439 g/mol. The number of hydrogen-bond donors (Lipinski definition) is 2. The van der Waals surface area contributed by atoms with Gasteiger partial charge in [0.1, 0.15) is 12.4 Å². The molecule has 7 nitrogen and oxygen atoms in total. The maximum atomic E-state index is 12.1. The number of ether oxygens (including phenoxy) is 2. The van der Waals surface area contributed by atoms with Crippen molar-refractivity contribution in [3.63, 3.8) is 0 Å². The summed E-state index contributed by atoms with van der Waals surface area (Å²) < 4.78 is 11.3. The highest BCUT2D eigenvalue weighted by molar-refractivity contribution is 5.85. The Labute approximate surface area is 190 Å². The molecule has 1 saturated heterocycles. The maximum absolute atomic E-state index is 12.1. The van der Waals surface area contributed by atoms with Gasteiger partial charge in [0.2, 0.25) is 11.8 Å². The van der Waals surface area contributed by atoms with Gasteiger partial charge in [-0.3, -0.25) is 14.5 Å². The van der Waals surface area contributed by atoms with Crippen LogP contribution in [0.25, 0.3) is 0 Å². The fraction of sp³-hybridized carbons (Fsp3) is 0.440. The molecule has 1 aliphatic heterocycles. The van der Waals surface area contributed by atoms with Gasteiger partial charge >= 0.3 is 0 Å². The molecule has 0 aliphatic carbocycles. The lowest BCUT2D eigenvalue weighted by Gasteiger charge is -2.31. The second-order valence-corrected chi connectivity index (χ2v) is 8.04. The van der Waals surface area contributed by atoms with Crippen molar-refractivity contribution in [2.45, 2.75) is 31.8 Å². The van der Waals surface area contributed by atoms with Gasteiger partial charge in [0.15, 0.2) is 0 Å². The minimum Gasteiger partial charge on any atom is -0.492 e. The van der Waals surface area contributed by atoms with E-state index in [1.807, 2.05) is 54.6 Å². The average Bonchev–Trinajstić information content (AvgIpc) is 2.83. The van der Waals surface area contributed by atoms with Crippen LogP contribution in [0.1, 0.15) is 24.0 Å². The molecule has 2 N–H and O–H groups in total. The van der Waals surface area contributed by atoms with Gasteiger partial charge in [0.05, 0.1) is 13.0 Å². The first-order chi connectivity index (χ1) is 15.6. The number of carbonyl (C=O) groups excluding carboxylic acids is 2. The summed E-state index contributed by atoms with van der Waals surface area (Å²) in [6, 6.07) is 17.7. The van der Waals surface area contributed by atoms with Crippen molar-refractivity contribution in [1.82, 2.24) is 15.5 Å². The molecule has 7 heteroatoms. The summed E-state index contributed by atoms with van der Waals surface area (Å²) in [5.74, 6) is 0.386. The first kappa shape index (κ1) is 23.8. The molecule has 0 saturated carbocycles. The molecule has 32 heavy (non-hydrogen) atoms. The highest BCUT2D eigenvalue weighted by Gasteiger charge is 2.18. The molecule has 0 radical (unpaired) electrons. The molecule has 172 valence electrons. The van der Waals surface area contributed by atoms with Gasteiger partial charge in [-0.25, -0.2) is 0 Å². The predicted molar refractivity (Wildman–Crippen MR) is 123 cm³/mol. The smallest absolute Gasteiger partial charge is 0.239 e. The van der Waals surface area contributed by atoms with E-state index < -0.39 is 0 Å². The number of nitrogens with one attached hydrogen (secondary N) is 2. The third-order valence-corrected chi connectivity index (χ3v) is 5.57. The summed E-state index contributed by atoms with van der Waals surface area (Å²) in [6.07, 6.45) is 2.40. The predicted octanol–water partition coefficient (Wildman–Crippen LogP) is 2.15. The van der Waals surface area contributed by atoms with Gasteiger partial charge in [0, 0.05) is 32.3 Å². The normalized spacial score (nSPS) is 14.2. The third kappa shape index (κ3) is 8.32. The number of nitrogens with zero attached hydrogens (tertiary/aromatic N) is 1. The SMILES string of the molecule is CN(CCOc1cccc(CNC(=O)CNC(=O)Cc2ccccc2)c1)C1CCOCC1. The van der Waals surface area contributed by atoms with Crippen LogP contribution in [0, 0.1) is 0 Å². The second kappa shape index (κ2) is 12.8. The van der Waals surface area contributed by atoms with Crippen LogP contribution in [0.4, 0.5) is 0 Å². The summed E-state index contributed by atoms with van der Waals surface area (Å²) in [5.41, 5.74) is 1.87. The largest absolute Gasteiger partial charge is 0.492 e. The molecule has 2 aromatic carbocycles. The lowest BCUT2D eigenvalue weighted by molar-refractivity contribution is -0.125. The zero-order valence-corrected chi connectivity index (χ0v) is 18.7. The highest BCUT2D eigenvalue weighted by Crippen LogP contribution is 2.15. The third-order valence-electron chi connectivity index (χ3n) is 5.57. The number of carbonyl (C=O) groups is 2. The summed E-state index contributed by atoms with van der Waals surface area (Å²) in [4.78, 5) is 26.4. The Morgan fingerprint density at radius 3 is 2.53 bits per heavy atom. The van der Waals surface area contributed by atoms with Crippen molar-refractivity contribution < 1.29 is 19.1 Å². The van der Waals surface area contributed by atoms with Gasteiger partial charge in [-0.15, -0.1) is 0 Å². The molecule has 0 atom stereocenters. The van der Waals surface area contributed by atoms with E-state index in [0.29, 0.717) is 19.2 Å². The summed E-state index contributed by atoms with van der Waals surface area (Å²) >= 11 is 0. The van der Waals surface area contributed by atoms with Crippen molar-refractivity contribution in [3.8, 4) is 5.75 Å². The van der Waals surface area contributed by atoms with Crippen molar-refractivity contribution >= 4 is 11.8 Å². The van der Waals surface area contributed by atoms with Crippen LogP contribution >= 0.6 is 0 Å². The molecular formula is C25H33N3O4. The summed E-state index contributed by atoms with van der Waals surface area (Å²) in [5, 5.41) is 5.49. The Morgan fingerprint density at radius 2 is 1.75 bits per heavy atom. The maximum Gasteiger partial charge on any atom is 0.239 e. The topological polar surface area (TPSA) is 79.9 Å². The first-order valence-electron chi connectivity index (χ1n) is 11.2. The average molecular weight is 440 g/mol. The van der Waals surface area contributed by atoms with Crippen LogP contribution in [0.15, 0.2) is 54.6 Å². The summed E-state index contributed by atoms with van der Waals surface area (Å²) in [6.45, 7) is 3.47. The number of amides is 2. The van der Waals surface area contributed by atoms with Gasteiger partial charge < -0.3 is 20.1 Å². The Hall–Kier alpha value is -2.90. The number of benzene rings is 2. The van der Waals surface area contributed by atoms with E-state index in [9.17, 15) is 9.59 Å². The fourth-order valence-corrected chi connectivity index (χ4v) is 3.65. The Kier molecular flexibility index (Phi) is 9.53. The molecule has 1 heterocycles. The molecule has 1 aliphatic rings. The van der Waals surface area contributed by atoms with Crippen molar-refractivity contribution in [1.29, 1.82) is 0 Å². The van der Waals surface area contributed by atoms with E-state index in [1.165, 1.54) is 0 Å². The van der Waals surface area contributed by atoms with Gasteiger partial charge in [-0.2, -0.15) is 0 Å². The molecule has 0 unspecified atom stereocenters. The highest BCUT2D eigenvalue weighted by atomic mass is 16.5. The van der Waals surface area contributed by atoms with Crippen molar-refractivity contribution in [2.24, 2.45) is 0 Å². The van der Waals surface area contributed by atoms with Crippen LogP contribution in [-0.4, -0.2) is 62.7 Å². The van der Waals surface area contributed by atoms with Crippen LogP contribution in [0.2, 0.25) is 0 Å². The number of likely N-dealkylation sites (N-methyl/N-ethyl adjacent to an activating group) is 1. The minimum atomic E-state index is -0.226. The van der Waals surface area contributed by atoms with E-state index in [4.69, 9.17) is 9.47 Å². The molecule has 1 fully saturated rings. The second-order valence-electron chi connectivity index (χ2n) is 8.04. The van der Waals surface area contributed by atoms with Crippen molar-refractivity contribution in [3.05, 3.63) is 65.7 Å². The van der Waals surface area contributed by atoms with E-state index >= 15 is 0 Å². The fourth-order valence-electron chi connectivity index (χ4n) is 3.65. The molecule has 0 aromatic heterocycles. The zero-order valence-electron chi connectivity index (χ0n) is 18.7. The lowest BCUT2D eigenvalue weighted by atomic mass is 10.1. The molecular weight excluding hydrogens is 406 g/mol. The Bertz CT molecular complexity index is 853. The van der Waals surface area contributed by atoms with Crippen LogP contribution in [0.3, 0.4) is 0 Å². The molecule has 3 rings (SSSR count). The molecule has 0 spiro atoms. The standard InChI is InChI=1S/C25H33N3O4/c1-28(22-10-13-31-14-11-22)12-15-32-23-9-5-8-21(16-23)18-26-25(30)19-27-24(29)17-20-6-3-2-4-7-20/h2-9,16,22H,10-15,17-19H2,1H3,(H,26,30)(H,27,29). The van der Waals surface area contributed by atoms with E-state index in [2.05, 4.69) is 22.6 Å².